The average molecular weight is 537 g/mol. The topological polar surface area (TPSA) is 92.7 Å². The Hall–Kier alpha value is -3.34. The van der Waals surface area contributed by atoms with Crippen molar-refractivity contribution in [1.82, 2.24) is 14.3 Å². The second-order valence-electron chi connectivity index (χ2n) is 9.07. The third-order valence-corrected chi connectivity index (χ3v) is 9.64. The molecule has 5 rings (SSSR count). The molecular weight excluding hydrogens is 508 g/mol. The lowest BCUT2D eigenvalue weighted by Crippen LogP contribution is -2.41. The van der Waals surface area contributed by atoms with Gasteiger partial charge in [0, 0.05) is 30.5 Å². The van der Waals surface area contributed by atoms with E-state index in [1.54, 1.807) is 40.8 Å². The molecule has 1 aliphatic rings. The number of anilines is 1. The third-order valence-electron chi connectivity index (χ3n) is 6.57. The summed E-state index contributed by atoms with van der Waals surface area (Å²) in [7, 11) is -2.01. The van der Waals surface area contributed by atoms with Crippen molar-refractivity contribution in [3.63, 3.8) is 0 Å². The molecule has 3 heterocycles. The Kier molecular flexibility index (Phi) is 7.23. The number of benzene rings is 2. The predicted octanol–water partition coefficient (Wildman–Crippen LogP) is 5.11. The molecule has 1 amide bonds. The smallest absolute Gasteiger partial charge is 0.260 e. The van der Waals surface area contributed by atoms with Crippen LogP contribution in [0.1, 0.15) is 42.1 Å². The Labute approximate surface area is 220 Å². The fourth-order valence-electron chi connectivity index (χ4n) is 4.53. The van der Waals surface area contributed by atoms with Crippen LogP contribution in [0.25, 0.3) is 10.2 Å². The zero-order chi connectivity index (χ0) is 26.0. The van der Waals surface area contributed by atoms with Gasteiger partial charge >= 0.3 is 0 Å². The van der Waals surface area contributed by atoms with Gasteiger partial charge in [-0.05, 0) is 73.9 Å². The summed E-state index contributed by atoms with van der Waals surface area (Å²) in [5.74, 6) is 0.442. The number of piperidine rings is 1. The van der Waals surface area contributed by atoms with E-state index in [0.717, 1.165) is 35.0 Å². The summed E-state index contributed by atoms with van der Waals surface area (Å²) >= 11 is 1.39. The van der Waals surface area contributed by atoms with Gasteiger partial charge < -0.3 is 4.74 Å². The molecule has 37 heavy (non-hydrogen) atoms. The van der Waals surface area contributed by atoms with Gasteiger partial charge in [-0.15, -0.1) is 0 Å². The van der Waals surface area contributed by atoms with Gasteiger partial charge in [0.2, 0.25) is 10.0 Å². The maximum absolute atomic E-state index is 13.8. The summed E-state index contributed by atoms with van der Waals surface area (Å²) in [5, 5.41) is 0.538. The van der Waals surface area contributed by atoms with Crippen LogP contribution in [0.15, 0.2) is 71.9 Å². The molecule has 192 valence electrons. The van der Waals surface area contributed by atoms with Crippen LogP contribution in [0.5, 0.6) is 5.75 Å². The van der Waals surface area contributed by atoms with Crippen molar-refractivity contribution < 1.29 is 17.9 Å². The summed E-state index contributed by atoms with van der Waals surface area (Å²) in [6.45, 7) is 2.74. The number of sulfonamides is 1. The lowest BCUT2D eigenvalue weighted by Gasteiger charge is -2.32. The van der Waals surface area contributed by atoms with Crippen LogP contribution in [0.4, 0.5) is 5.13 Å². The van der Waals surface area contributed by atoms with Crippen molar-refractivity contribution in [1.29, 1.82) is 0 Å². The van der Waals surface area contributed by atoms with Gasteiger partial charge in [-0.2, -0.15) is 4.31 Å². The zero-order valence-corrected chi connectivity index (χ0v) is 22.3. The number of carbonyl (C=O) groups excluding carboxylic acids is 1. The first-order valence-electron chi connectivity index (χ1n) is 12.1. The molecule has 0 aliphatic carbocycles. The van der Waals surface area contributed by atoms with Crippen molar-refractivity contribution in [2.75, 3.05) is 18.6 Å². The normalized spacial score (nSPS) is 16.5. The highest BCUT2D eigenvalue weighted by Crippen LogP contribution is 2.33. The minimum absolute atomic E-state index is 0.0345. The molecule has 2 aromatic heterocycles. The SMILES string of the molecule is COc1ccc2nc(N(Cc3cccnc3)C(=O)c3ccc(S(=O)(=O)N4CCCCC4C)cc3)sc2c1. The highest BCUT2D eigenvalue weighted by molar-refractivity contribution is 7.89. The Bertz CT molecular complexity index is 1500. The molecule has 1 atom stereocenters. The van der Waals surface area contributed by atoms with Crippen LogP contribution < -0.4 is 9.64 Å². The maximum Gasteiger partial charge on any atom is 0.260 e. The number of rotatable bonds is 7. The molecule has 10 heteroatoms. The summed E-state index contributed by atoms with van der Waals surface area (Å²) in [5.41, 5.74) is 2.00. The lowest BCUT2D eigenvalue weighted by atomic mass is 10.1. The predicted molar refractivity (Wildman–Crippen MR) is 145 cm³/mol. The van der Waals surface area contributed by atoms with Crippen molar-refractivity contribution in [3.05, 3.63) is 78.1 Å². The lowest BCUT2D eigenvalue weighted by molar-refractivity contribution is 0.0985. The number of fused-ring (bicyclic) bond motifs is 1. The Balaban J connectivity index is 1.47. The molecule has 0 radical (unpaired) electrons. The Morgan fingerprint density at radius 1 is 1.16 bits per heavy atom. The standard InChI is InChI=1S/C27H28N4O4S2/c1-19-6-3-4-15-31(19)37(33,34)23-11-8-21(9-12-23)26(32)30(18-20-7-5-14-28-17-20)27-29-24-13-10-22(35-2)16-25(24)36-27/h5,7-14,16-17,19H,3-4,6,15,18H2,1-2H3. The third kappa shape index (κ3) is 5.22. The molecule has 4 aromatic rings. The van der Waals surface area contributed by atoms with Crippen molar-refractivity contribution in [2.45, 2.75) is 43.7 Å². The Morgan fingerprint density at radius 2 is 1.97 bits per heavy atom. The minimum atomic E-state index is -3.62. The van der Waals surface area contributed by atoms with Crippen LogP contribution in [0.2, 0.25) is 0 Å². The first-order chi connectivity index (χ1) is 17.9. The molecule has 0 saturated carbocycles. The van der Waals surface area contributed by atoms with Crippen molar-refractivity contribution in [3.8, 4) is 5.75 Å². The van der Waals surface area contributed by atoms with Crippen LogP contribution in [-0.4, -0.2) is 48.3 Å². The van der Waals surface area contributed by atoms with Crippen LogP contribution in [-0.2, 0) is 16.6 Å². The Morgan fingerprint density at radius 3 is 2.68 bits per heavy atom. The van der Waals surface area contributed by atoms with Gasteiger partial charge in [0.1, 0.15) is 5.75 Å². The summed E-state index contributed by atoms with van der Waals surface area (Å²) in [6, 6.07) is 15.5. The molecule has 0 spiro atoms. The van der Waals surface area contributed by atoms with Crippen LogP contribution >= 0.6 is 11.3 Å². The molecule has 1 saturated heterocycles. The van der Waals surface area contributed by atoms with E-state index in [-0.39, 0.29) is 23.4 Å². The van der Waals surface area contributed by atoms with E-state index in [4.69, 9.17) is 9.72 Å². The first kappa shape index (κ1) is 25.3. The minimum Gasteiger partial charge on any atom is -0.497 e. The largest absolute Gasteiger partial charge is 0.497 e. The van der Waals surface area contributed by atoms with E-state index in [1.165, 1.54) is 23.5 Å². The van der Waals surface area contributed by atoms with E-state index in [1.807, 2.05) is 37.3 Å². The second kappa shape index (κ2) is 10.6. The van der Waals surface area contributed by atoms with E-state index in [0.29, 0.717) is 23.0 Å². The van der Waals surface area contributed by atoms with Gasteiger partial charge in [-0.3, -0.25) is 14.7 Å². The second-order valence-corrected chi connectivity index (χ2v) is 12.0. The van der Waals surface area contributed by atoms with Gasteiger partial charge in [-0.1, -0.05) is 23.8 Å². The van der Waals surface area contributed by atoms with Gasteiger partial charge in [-0.25, -0.2) is 13.4 Å². The number of hydrogen-bond acceptors (Lipinski definition) is 7. The number of hydrogen-bond donors (Lipinski definition) is 0. The van der Waals surface area contributed by atoms with E-state index < -0.39 is 10.0 Å². The van der Waals surface area contributed by atoms with E-state index in [9.17, 15) is 13.2 Å². The molecule has 1 aliphatic heterocycles. The quantitative estimate of drug-likeness (QED) is 0.326. The molecule has 2 aromatic carbocycles. The number of nitrogens with zero attached hydrogens (tertiary/aromatic N) is 4. The van der Waals surface area contributed by atoms with Crippen molar-refractivity contribution in [2.24, 2.45) is 0 Å². The number of pyridine rings is 1. The highest BCUT2D eigenvalue weighted by atomic mass is 32.2. The van der Waals surface area contributed by atoms with Crippen LogP contribution in [0.3, 0.4) is 0 Å². The number of ether oxygens (including phenoxy) is 1. The fraction of sp³-hybridized carbons (Fsp3) is 0.296. The monoisotopic (exact) mass is 536 g/mol. The highest BCUT2D eigenvalue weighted by Gasteiger charge is 2.31. The zero-order valence-electron chi connectivity index (χ0n) is 20.7. The van der Waals surface area contributed by atoms with Gasteiger partial charge in [0.15, 0.2) is 5.13 Å². The number of aromatic nitrogens is 2. The average Bonchev–Trinajstić information content (AvgIpc) is 3.35. The molecule has 1 fully saturated rings. The summed E-state index contributed by atoms with van der Waals surface area (Å²) < 4.78 is 34.3. The maximum atomic E-state index is 13.8. The van der Waals surface area contributed by atoms with E-state index >= 15 is 0 Å². The number of amides is 1. The van der Waals surface area contributed by atoms with Crippen LogP contribution in [0, 0.1) is 0 Å². The van der Waals surface area contributed by atoms with Gasteiger partial charge in [0.25, 0.3) is 5.91 Å². The summed E-state index contributed by atoms with van der Waals surface area (Å²) in [6.07, 6.45) is 6.14. The number of thiazole rings is 1. The molecule has 8 nitrogen and oxygen atoms in total. The molecule has 0 bridgehead atoms. The molecule has 1 unspecified atom stereocenters. The number of methoxy groups -OCH3 is 1. The molecular formula is C27H28N4O4S2. The summed E-state index contributed by atoms with van der Waals surface area (Å²) in [4.78, 5) is 24.4. The van der Waals surface area contributed by atoms with Gasteiger partial charge in [0.05, 0.1) is 28.8 Å². The fourth-order valence-corrected chi connectivity index (χ4v) is 7.22. The number of carbonyl (C=O) groups is 1. The molecule has 0 N–H and O–H groups in total. The first-order valence-corrected chi connectivity index (χ1v) is 14.4. The van der Waals surface area contributed by atoms with E-state index in [2.05, 4.69) is 4.98 Å². The van der Waals surface area contributed by atoms with Crippen molar-refractivity contribution >= 4 is 42.6 Å².